The molecular weight excluding hydrogens is 357 g/mol. The van der Waals surface area contributed by atoms with Gasteiger partial charge in [0.15, 0.2) is 0 Å². The standard InChI is InChI=1S/C13H16Cl3NO3S/c1-17(10-2-4-20-5-3-10)21(18,19)13-6-9(8-14)11(15)7-12(13)16/h6-7,10H,2-5,8H2,1H3. The molecule has 1 heterocycles. The fourth-order valence-electron chi connectivity index (χ4n) is 2.27. The minimum absolute atomic E-state index is 0.0400. The average Bonchev–Trinajstić information content (AvgIpc) is 2.47. The lowest BCUT2D eigenvalue weighted by Gasteiger charge is -2.30. The van der Waals surface area contributed by atoms with E-state index in [9.17, 15) is 8.42 Å². The molecule has 0 N–H and O–H groups in total. The van der Waals surface area contributed by atoms with Crippen LogP contribution in [0.2, 0.25) is 10.0 Å². The summed E-state index contributed by atoms with van der Waals surface area (Å²) >= 11 is 17.8. The molecule has 0 amide bonds. The molecule has 8 heteroatoms. The minimum Gasteiger partial charge on any atom is -0.381 e. The number of halogens is 3. The van der Waals surface area contributed by atoms with Gasteiger partial charge in [-0.3, -0.25) is 0 Å². The SMILES string of the molecule is CN(C1CCOCC1)S(=O)(=O)c1cc(CCl)c(Cl)cc1Cl. The molecule has 1 saturated heterocycles. The van der Waals surface area contributed by atoms with Gasteiger partial charge in [-0.15, -0.1) is 11.6 Å². The van der Waals surface area contributed by atoms with Crippen LogP contribution < -0.4 is 0 Å². The lowest BCUT2D eigenvalue weighted by Crippen LogP contribution is -2.40. The van der Waals surface area contributed by atoms with Crippen LogP contribution in [0.4, 0.5) is 0 Å². The predicted molar refractivity (Wildman–Crippen MR) is 84.8 cm³/mol. The Morgan fingerprint density at radius 3 is 2.43 bits per heavy atom. The lowest BCUT2D eigenvalue weighted by atomic mass is 10.1. The minimum atomic E-state index is -3.69. The first kappa shape index (κ1) is 17.3. The summed E-state index contributed by atoms with van der Waals surface area (Å²) in [7, 11) is -2.12. The highest BCUT2D eigenvalue weighted by Gasteiger charge is 2.31. The number of nitrogens with zero attached hydrogens (tertiary/aromatic N) is 1. The third kappa shape index (κ3) is 3.66. The van der Waals surface area contributed by atoms with Crippen LogP contribution >= 0.6 is 34.8 Å². The van der Waals surface area contributed by atoms with Crippen LogP contribution in [0.15, 0.2) is 17.0 Å². The van der Waals surface area contributed by atoms with Crippen LogP contribution in [-0.4, -0.2) is 39.0 Å². The molecule has 118 valence electrons. The largest absolute Gasteiger partial charge is 0.381 e. The number of sulfonamides is 1. The van der Waals surface area contributed by atoms with Crippen molar-refractivity contribution in [2.24, 2.45) is 0 Å². The van der Waals surface area contributed by atoms with Gasteiger partial charge in [-0.05, 0) is 30.5 Å². The summed E-state index contributed by atoms with van der Waals surface area (Å²) in [5.41, 5.74) is 0.543. The normalized spacial score (nSPS) is 17.4. The lowest BCUT2D eigenvalue weighted by molar-refractivity contribution is 0.0632. The van der Waals surface area contributed by atoms with Crippen molar-refractivity contribution in [2.75, 3.05) is 20.3 Å². The van der Waals surface area contributed by atoms with Crippen LogP contribution in [0.3, 0.4) is 0 Å². The van der Waals surface area contributed by atoms with Gasteiger partial charge in [0.1, 0.15) is 4.90 Å². The molecule has 0 unspecified atom stereocenters. The third-order valence-corrected chi connectivity index (χ3v) is 6.62. The van der Waals surface area contributed by atoms with Crippen molar-refractivity contribution in [3.05, 3.63) is 27.7 Å². The van der Waals surface area contributed by atoms with Crippen LogP contribution in [0, 0.1) is 0 Å². The van der Waals surface area contributed by atoms with Crippen molar-refractivity contribution in [1.29, 1.82) is 0 Å². The first-order valence-corrected chi connectivity index (χ1v) is 9.20. The molecular formula is C13H16Cl3NO3S. The van der Waals surface area contributed by atoms with E-state index in [1.165, 1.54) is 16.4 Å². The predicted octanol–water partition coefficient (Wildman–Crippen LogP) is 3.53. The Morgan fingerprint density at radius 2 is 1.86 bits per heavy atom. The molecule has 1 aliphatic heterocycles. The Bertz CT molecular complexity index is 615. The van der Waals surface area contributed by atoms with E-state index < -0.39 is 10.0 Å². The Labute approximate surface area is 140 Å². The van der Waals surface area contributed by atoms with E-state index in [2.05, 4.69) is 0 Å². The van der Waals surface area contributed by atoms with Gasteiger partial charge >= 0.3 is 0 Å². The zero-order chi connectivity index (χ0) is 15.6. The molecule has 0 aromatic heterocycles. The zero-order valence-electron chi connectivity index (χ0n) is 11.5. The van der Waals surface area contributed by atoms with Gasteiger partial charge in [0.05, 0.1) is 5.02 Å². The van der Waals surface area contributed by atoms with Crippen molar-refractivity contribution in [2.45, 2.75) is 29.7 Å². The van der Waals surface area contributed by atoms with Gasteiger partial charge in [-0.1, -0.05) is 23.2 Å². The summed E-state index contributed by atoms with van der Waals surface area (Å²) in [6.07, 6.45) is 1.34. The van der Waals surface area contributed by atoms with Gasteiger partial charge in [-0.2, -0.15) is 4.31 Å². The zero-order valence-corrected chi connectivity index (χ0v) is 14.6. The van der Waals surface area contributed by atoms with Crippen LogP contribution in [0.1, 0.15) is 18.4 Å². The fraction of sp³-hybridized carbons (Fsp3) is 0.538. The quantitative estimate of drug-likeness (QED) is 0.760. The smallest absolute Gasteiger partial charge is 0.244 e. The van der Waals surface area contributed by atoms with E-state index in [-0.39, 0.29) is 21.8 Å². The van der Waals surface area contributed by atoms with Gasteiger partial charge in [0.2, 0.25) is 10.0 Å². The van der Waals surface area contributed by atoms with Gasteiger partial charge in [0, 0.05) is 37.2 Å². The molecule has 0 saturated carbocycles. The van der Waals surface area contributed by atoms with Crippen LogP contribution in [0.25, 0.3) is 0 Å². The van der Waals surface area contributed by atoms with E-state index >= 15 is 0 Å². The molecule has 0 radical (unpaired) electrons. The molecule has 0 spiro atoms. The summed E-state index contributed by atoms with van der Waals surface area (Å²) in [6.45, 7) is 1.12. The van der Waals surface area contributed by atoms with Crippen molar-refractivity contribution < 1.29 is 13.2 Å². The van der Waals surface area contributed by atoms with E-state index in [1.807, 2.05) is 0 Å². The molecule has 0 bridgehead atoms. The summed E-state index contributed by atoms with van der Waals surface area (Å²) in [6, 6.07) is 2.78. The van der Waals surface area contributed by atoms with E-state index in [1.54, 1.807) is 7.05 Å². The van der Waals surface area contributed by atoms with E-state index in [4.69, 9.17) is 39.5 Å². The topological polar surface area (TPSA) is 46.6 Å². The monoisotopic (exact) mass is 371 g/mol. The number of benzene rings is 1. The molecule has 1 aromatic carbocycles. The summed E-state index contributed by atoms with van der Waals surface area (Å²) in [5, 5.41) is 0.468. The second kappa shape index (κ2) is 7.02. The van der Waals surface area contributed by atoms with Gasteiger partial charge in [0.25, 0.3) is 0 Å². The summed E-state index contributed by atoms with van der Waals surface area (Å²) in [4.78, 5) is 0.0400. The molecule has 1 fully saturated rings. The number of hydrogen-bond acceptors (Lipinski definition) is 3. The Kier molecular flexibility index (Phi) is 5.79. The first-order valence-electron chi connectivity index (χ1n) is 6.47. The summed E-state index contributed by atoms with van der Waals surface area (Å²) < 4.78 is 32.1. The van der Waals surface area contributed by atoms with E-state index in [0.29, 0.717) is 36.6 Å². The maximum atomic E-state index is 12.7. The third-order valence-electron chi connectivity index (χ3n) is 3.61. The highest BCUT2D eigenvalue weighted by Crippen LogP contribution is 2.32. The summed E-state index contributed by atoms with van der Waals surface area (Å²) in [5.74, 6) is 0.125. The van der Waals surface area contributed by atoms with Crippen molar-refractivity contribution in [1.82, 2.24) is 4.31 Å². The number of hydrogen-bond donors (Lipinski definition) is 0. The van der Waals surface area contributed by atoms with Crippen molar-refractivity contribution >= 4 is 44.8 Å². The highest BCUT2D eigenvalue weighted by molar-refractivity contribution is 7.89. The average molecular weight is 373 g/mol. The molecule has 0 aliphatic carbocycles. The molecule has 2 rings (SSSR count). The highest BCUT2D eigenvalue weighted by atomic mass is 35.5. The molecule has 21 heavy (non-hydrogen) atoms. The Balaban J connectivity index is 2.38. The fourth-order valence-corrected chi connectivity index (χ4v) is 4.81. The second-order valence-corrected chi connectivity index (χ2v) is 7.92. The molecule has 4 nitrogen and oxygen atoms in total. The van der Waals surface area contributed by atoms with Crippen molar-refractivity contribution in [3.8, 4) is 0 Å². The maximum absolute atomic E-state index is 12.7. The number of ether oxygens (including phenoxy) is 1. The number of rotatable bonds is 4. The number of alkyl halides is 1. The maximum Gasteiger partial charge on any atom is 0.244 e. The van der Waals surface area contributed by atoms with Crippen LogP contribution in [0.5, 0.6) is 0 Å². The molecule has 1 aliphatic rings. The first-order chi connectivity index (χ1) is 9.87. The Morgan fingerprint density at radius 1 is 1.24 bits per heavy atom. The van der Waals surface area contributed by atoms with Crippen LogP contribution in [-0.2, 0) is 20.6 Å². The second-order valence-electron chi connectivity index (χ2n) is 4.87. The van der Waals surface area contributed by atoms with Gasteiger partial charge < -0.3 is 4.74 Å². The van der Waals surface area contributed by atoms with E-state index in [0.717, 1.165) is 0 Å². The Hall–Kier alpha value is -0.0400. The molecule has 1 aromatic rings. The van der Waals surface area contributed by atoms with Crippen molar-refractivity contribution in [3.63, 3.8) is 0 Å². The van der Waals surface area contributed by atoms with Gasteiger partial charge in [-0.25, -0.2) is 8.42 Å². The molecule has 0 atom stereocenters.